The van der Waals surface area contributed by atoms with Gasteiger partial charge in [0.15, 0.2) is 0 Å². The lowest BCUT2D eigenvalue weighted by molar-refractivity contribution is -0.116. The fraction of sp³-hybridized carbons (Fsp3) is 0.176. The van der Waals surface area contributed by atoms with Crippen LogP contribution in [0.4, 0.5) is 5.69 Å². The van der Waals surface area contributed by atoms with Crippen LogP contribution in [0.25, 0.3) is 6.08 Å². The Morgan fingerprint density at radius 2 is 2.19 bits per heavy atom. The molecule has 1 aromatic carbocycles. The number of amides is 1. The summed E-state index contributed by atoms with van der Waals surface area (Å²) < 4.78 is 0. The van der Waals surface area contributed by atoms with Crippen molar-refractivity contribution in [3.63, 3.8) is 0 Å². The van der Waals surface area contributed by atoms with Crippen molar-refractivity contribution >= 4 is 17.7 Å². The number of nitrogens with one attached hydrogen (secondary N) is 1. The highest BCUT2D eigenvalue weighted by Crippen LogP contribution is 2.08. The largest absolute Gasteiger partial charge is 0.399 e. The van der Waals surface area contributed by atoms with Crippen LogP contribution >= 0.6 is 0 Å². The number of carbonyl (C=O) groups is 1. The monoisotopic (exact) mass is 281 g/mol. The van der Waals surface area contributed by atoms with E-state index in [4.69, 9.17) is 5.73 Å². The van der Waals surface area contributed by atoms with Crippen molar-refractivity contribution in [1.82, 2.24) is 10.3 Å². The number of aryl methyl sites for hydroxylation is 1. The molecule has 0 aliphatic rings. The number of benzene rings is 1. The van der Waals surface area contributed by atoms with Gasteiger partial charge in [-0.05, 0) is 41.8 Å². The lowest BCUT2D eigenvalue weighted by Gasteiger charge is -2.06. The first-order chi connectivity index (χ1) is 10.2. The summed E-state index contributed by atoms with van der Waals surface area (Å²) in [6.45, 7) is 2.51. The standard InChI is InChI=1S/C17H19N3O/c1-2-14-6-4-10-19-16(14)12-20-17(21)9-8-13-5-3-7-15(18)11-13/h3-11H,2,12,18H2,1H3,(H,20,21)/b9-8+. The zero-order valence-electron chi connectivity index (χ0n) is 12.0. The number of pyridine rings is 1. The van der Waals surface area contributed by atoms with E-state index in [0.717, 1.165) is 23.2 Å². The quantitative estimate of drug-likeness (QED) is 0.653. The normalized spacial score (nSPS) is 10.7. The van der Waals surface area contributed by atoms with Crippen LogP contribution in [-0.2, 0) is 17.8 Å². The molecule has 2 rings (SSSR count). The maximum Gasteiger partial charge on any atom is 0.244 e. The van der Waals surface area contributed by atoms with E-state index in [9.17, 15) is 4.79 Å². The molecule has 4 nitrogen and oxygen atoms in total. The molecule has 0 aliphatic heterocycles. The van der Waals surface area contributed by atoms with Crippen molar-refractivity contribution in [2.45, 2.75) is 19.9 Å². The number of anilines is 1. The Labute approximate surface area is 124 Å². The first kappa shape index (κ1) is 14.8. The van der Waals surface area contributed by atoms with Gasteiger partial charge >= 0.3 is 0 Å². The van der Waals surface area contributed by atoms with E-state index in [1.807, 2.05) is 36.4 Å². The molecular weight excluding hydrogens is 262 g/mol. The smallest absolute Gasteiger partial charge is 0.244 e. The maximum atomic E-state index is 11.8. The molecule has 0 radical (unpaired) electrons. The molecule has 1 heterocycles. The third-order valence-corrected chi connectivity index (χ3v) is 3.13. The van der Waals surface area contributed by atoms with E-state index in [2.05, 4.69) is 17.2 Å². The minimum Gasteiger partial charge on any atom is -0.399 e. The van der Waals surface area contributed by atoms with Crippen molar-refractivity contribution in [3.05, 3.63) is 65.5 Å². The van der Waals surface area contributed by atoms with Gasteiger partial charge in [0.05, 0.1) is 12.2 Å². The number of nitrogen functional groups attached to an aromatic ring is 1. The van der Waals surface area contributed by atoms with Gasteiger partial charge in [-0.15, -0.1) is 0 Å². The van der Waals surface area contributed by atoms with Gasteiger partial charge in [-0.3, -0.25) is 9.78 Å². The van der Waals surface area contributed by atoms with Crippen LogP contribution in [0, 0.1) is 0 Å². The van der Waals surface area contributed by atoms with Gasteiger partial charge < -0.3 is 11.1 Å². The van der Waals surface area contributed by atoms with Crippen LogP contribution in [0.2, 0.25) is 0 Å². The summed E-state index contributed by atoms with van der Waals surface area (Å²) in [5, 5.41) is 2.84. The molecule has 0 aliphatic carbocycles. The summed E-state index contributed by atoms with van der Waals surface area (Å²) in [6, 6.07) is 11.3. The van der Waals surface area contributed by atoms with Crippen molar-refractivity contribution in [1.29, 1.82) is 0 Å². The lowest BCUT2D eigenvalue weighted by atomic mass is 10.1. The third kappa shape index (κ3) is 4.45. The average molecular weight is 281 g/mol. The second kappa shape index (κ2) is 7.24. The Bertz CT molecular complexity index is 650. The van der Waals surface area contributed by atoms with Gasteiger partial charge in [-0.25, -0.2) is 0 Å². The van der Waals surface area contributed by atoms with Gasteiger partial charge in [-0.2, -0.15) is 0 Å². The van der Waals surface area contributed by atoms with E-state index in [0.29, 0.717) is 12.2 Å². The second-order valence-electron chi connectivity index (χ2n) is 4.68. The van der Waals surface area contributed by atoms with Crippen LogP contribution in [0.5, 0.6) is 0 Å². The molecule has 0 saturated carbocycles. The molecule has 4 heteroatoms. The Morgan fingerprint density at radius 3 is 2.95 bits per heavy atom. The predicted octanol–water partition coefficient (Wildman–Crippen LogP) is 2.56. The van der Waals surface area contributed by atoms with Crippen LogP contribution in [0.1, 0.15) is 23.7 Å². The van der Waals surface area contributed by atoms with Crippen LogP contribution in [0.3, 0.4) is 0 Å². The topological polar surface area (TPSA) is 68.0 Å². The molecule has 0 unspecified atom stereocenters. The number of rotatable bonds is 5. The minimum absolute atomic E-state index is 0.148. The van der Waals surface area contributed by atoms with Crippen molar-refractivity contribution in [3.8, 4) is 0 Å². The number of hydrogen-bond acceptors (Lipinski definition) is 3. The number of nitrogens with zero attached hydrogens (tertiary/aromatic N) is 1. The lowest BCUT2D eigenvalue weighted by Crippen LogP contribution is -2.21. The predicted molar refractivity (Wildman–Crippen MR) is 85.4 cm³/mol. The number of carbonyl (C=O) groups excluding carboxylic acids is 1. The van der Waals surface area contributed by atoms with Gasteiger partial charge in [0.1, 0.15) is 0 Å². The Balaban J connectivity index is 1.93. The molecule has 0 saturated heterocycles. The molecule has 1 amide bonds. The third-order valence-electron chi connectivity index (χ3n) is 3.13. The van der Waals surface area contributed by atoms with E-state index < -0.39 is 0 Å². The zero-order chi connectivity index (χ0) is 15.1. The first-order valence-corrected chi connectivity index (χ1v) is 6.93. The van der Waals surface area contributed by atoms with E-state index >= 15 is 0 Å². The first-order valence-electron chi connectivity index (χ1n) is 6.93. The summed E-state index contributed by atoms with van der Waals surface area (Å²) in [4.78, 5) is 16.1. The molecular formula is C17H19N3O. The van der Waals surface area contributed by atoms with E-state index in [-0.39, 0.29) is 5.91 Å². The highest BCUT2D eigenvalue weighted by Gasteiger charge is 2.02. The number of nitrogens with two attached hydrogens (primary N) is 1. The molecule has 0 bridgehead atoms. The van der Waals surface area contributed by atoms with Crippen molar-refractivity contribution in [2.24, 2.45) is 0 Å². The summed E-state index contributed by atoms with van der Waals surface area (Å²) in [6.07, 6.45) is 5.88. The molecule has 1 aromatic heterocycles. The van der Waals surface area contributed by atoms with Crippen molar-refractivity contribution < 1.29 is 4.79 Å². The highest BCUT2D eigenvalue weighted by molar-refractivity contribution is 5.91. The fourth-order valence-corrected chi connectivity index (χ4v) is 2.02. The van der Waals surface area contributed by atoms with Crippen LogP contribution in [-0.4, -0.2) is 10.9 Å². The Kier molecular flexibility index (Phi) is 5.10. The van der Waals surface area contributed by atoms with Gasteiger partial charge in [-0.1, -0.05) is 25.1 Å². The molecule has 0 spiro atoms. The van der Waals surface area contributed by atoms with Gasteiger partial charge in [0, 0.05) is 18.0 Å². The van der Waals surface area contributed by atoms with Crippen LogP contribution < -0.4 is 11.1 Å². The minimum atomic E-state index is -0.148. The molecule has 108 valence electrons. The van der Waals surface area contributed by atoms with Crippen LogP contribution in [0.15, 0.2) is 48.7 Å². The molecule has 0 atom stereocenters. The average Bonchev–Trinajstić information content (AvgIpc) is 2.51. The van der Waals surface area contributed by atoms with Gasteiger partial charge in [0.25, 0.3) is 0 Å². The molecule has 2 aromatic rings. The summed E-state index contributed by atoms with van der Waals surface area (Å²) in [5.74, 6) is -0.148. The molecule has 21 heavy (non-hydrogen) atoms. The number of hydrogen-bond donors (Lipinski definition) is 2. The van der Waals surface area contributed by atoms with E-state index in [1.165, 1.54) is 6.08 Å². The summed E-state index contributed by atoms with van der Waals surface area (Å²) in [7, 11) is 0. The zero-order valence-corrected chi connectivity index (χ0v) is 12.0. The molecule has 3 N–H and O–H groups in total. The van der Waals surface area contributed by atoms with Gasteiger partial charge in [0.2, 0.25) is 5.91 Å². The second-order valence-corrected chi connectivity index (χ2v) is 4.68. The highest BCUT2D eigenvalue weighted by atomic mass is 16.1. The summed E-state index contributed by atoms with van der Waals surface area (Å²) in [5.41, 5.74) is 9.33. The Hall–Kier alpha value is -2.62. The number of aromatic nitrogens is 1. The fourth-order valence-electron chi connectivity index (χ4n) is 2.02. The SMILES string of the molecule is CCc1cccnc1CNC(=O)/C=C/c1cccc(N)c1. The molecule has 0 fully saturated rings. The van der Waals surface area contributed by atoms with Crippen molar-refractivity contribution in [2.75, 3.05) is 5.73 Å². The Morgan fingerprint density at radius 1 is 1.33 bits per heavy atom. The summed E-state index contributed by atoms with van der Waals surface area (Å²) >= 11 is 0. The van der Waals surface area contributed by atoms with E-state index in [1.54, 1.807) is 12.3 Å². The maximum absolute atomic E-state index is 11.8.